The van der Waals surface area contributed by atoms with Gasteiger partial charge in [-0.25, -0.2) is 0 Å². The highest BCUT2D eigenvalue weighted by Gasteiger charge is 2.31. The smallest absolute Gasteiger partial charge is 0.200 e. The fourth-order valence-electron chi connectivity index (χ4n) is 1.91. The van der Waals surface area contributed by atoms with Gasteiger partial charge in [0.25, 0.3) is 0 Å². The van der Waals surface area contributed by atoms with Crippen LogP contribution in [0.5, 0.6) is 0 Å². The van der Waals surface area contributed by atoms with Crippen LogP contribution in [0.25, 0.3) is 0 Å². The van der Waals surface area contributed by atoms with Gasteiger partial charge in [-0.15, -0.1) is 0 Å². The van der Waals surface area contributed by atoms with Gasteiger partial charge in [0, 0.05) is 5.92 Å². The lowest BCUT2D eigenvalue weighted by molar-refractivity contribution is -0.124. The fourth-order valence-corrected chi connectivity index (χ4v) is 1.91. The van der Waals surface area contributed by atoms with E-state index < -0.39 is 6.29 Å². The maximum absolute atomic E-state index is 9.51. The van der Waals surface area contributed by atoms with Gasteiger partial charge in [0.2, 0.25) is 0 Å². The molecule has 2 nitrogen and oxygen atoms in total. The first-order chi connectivity index (χ1) is 5.57. The molecule has 0 radical (unpaired) electrons. The van der Waals surface area contributed by atoms with Crippen molar-refractivity contribution in [3.63, 3.8) is 0 Å². The van der Waals surface area contributed by atoms with Crippen molar-refractivity contribution in [2.24, 2.45) is 11.8 Å². The molecular weight excluding hydrogens is 152 g/mol. The lowest BCUT2D eigenvalue weighted by Gasteiger charge is -2.34. The maximum atomic E-state index is 9.51. The molecule has 0 amide bonds. The van der Waals surface area contributed by atoms with E-state index in [1.807, 2.05) is 13.8 Å². The van der Waals surface area contributed by atoms with Crippen LogP contribution in [-0.2, 0) is 4.74 Å². The summed E-state index contributed by atoms with van der Waals surface area (Å²) in [6.45, 7) is 8.20. The average molecular weight is 170 g/mol. The summed E-state index contributed by atoms with van der Waals surface area (Å²) in [6.07, 6.45) is 0.462. The lowest BCUT2D eigenvalue weighted by atomic mass is 9.83. The third kappa shape index (κ3) is 1.48. The molecule has 1 heterocycles. The summed E-state index contributed by atoms with van der Waals surface area (Å²) in [5, 5.41) is 9.51. The number of allylic oxidation sites excluding steroid dienone is 2. The normalized spacial score (nSPS) is 36.6. The summed E-state index contributed by atoms with van der Waals surface area (Å²) >= 11 is 0. The molecule has 2 heteroatoms. The van der Waals surface area contributed by atoms with E-state index in [9.17, 15) is 5.11 Å². The van der Waals surface area contributed by atoms with Crippen molar-refractivity contribution in [2.75, 3.05) is 0 Å². The molecule has 12 heavy (non-hydrogen) atoms. The monoisotopic (exact) mass is 170 g/mol. The molecule has 1 aliphatic rings. The molecule has 0 spiro atoms. The Balaban J connectivity index is 2.88. The van der Waals surface area contributed by atoms with E-state index in [0.29, 0.717) is 5.92 Å². The minimum atomic E-state index is -0.612. The molecule has 0 aromatic heterocycles. The Hall–Kier alpha value is -0.500. The zero-order valence-electron chi connectivity index (χ0n) is 8.29. The summed E-state index contributed by atoms with van der Waals surface area (Å²) in [5.74, 6) is 1.60. The summed E-state index contributed by atoms with van der Waals surface area (Å²) in [6, 6.07) is 0. The first-order valence-corrected chi connectivity index (χ1v) is 4.60. The second-order valence-electron chi connectivity index (χ2n) is 3.62. The van der Waals surface area contributed by atoms with E-state index in [0.717, 1.165) is 12.2 Å². The van der Waals surface area contributed by atoms with Crippen molar-refractivity contribution in [3.8, 4) is 0 Å². The molecule has 0 saturated heterocycles. The summed E-state index contributed by atoms with van der Waals surface area (Å²) < 4.78 is 5.28. The maximum Gasteiger partial charge on any atom is 0.200 e. The highest BCUT2D eigenvalue weighted by atomic mass is 16.6. The fraction of sp³-hybridized carbons (Fsp3) is 0.800. The van der Waals surface area contributed by atoms with Crippen molar-refractivity contribution in [3.05, 3.63) is 11.3 Å². The highest BCUT2D eigenvalue weighted by molar-refractivity contribution is 5.12. The molecular formula is C10H18O2. The number of aliphatic hydroxyl groups is 1. The third-order valence-electron chi connectivity index (χ3n) is 2.93. The summed E-state index contributed by atoms with van der Waals surface area (Å²) in [4.78, 5) is 0. The highest BCUT2D eigenvalue weighted by Crippen LogP contribution is 2.34. The first-order valence-electron chi connectivity index (χ1n) is 4.60. The molecule has 0 fully saturated rings. The molecule has 3 atom stereocenters. The van der Waals surface area contributed by atoms with Gasteiger partial charge in [-0.1, -0.05) is 13.8 Å². The Morgan fingerprint density at radius 1 is 1.42 bits per heavy atom. The van der Waals surface area contributed by atoms with E-state index in [2.05, 4.69) is 13.8 Å². The van der Waals surface area contributed by atoms with Crippen molar-refractivity contribution in [2.45, 2.75) is 40.4 Å². The molecule has 0 saturated carbocycles. The average Bonchev–Trinajstić information content (AvgIpc) is 2.02. The predicted octanol–water partition coefficient (Wildman–Crippen LogP) is 2.29. The van der Waals surface area contributed by atoms with Crippen molar-refractivity contribution >= 4 is 0 Å². The summed E-state index contributed by atoms with van der Waals surface area (Å²) in [7, 11) is 0. The van der Waals surface area contributed by atoms with Crippen LogP contribution < -0.4 is 0 Å². The molecule has 1 N–H and O–H groups in total. The zero-order valence-corrected chi connectivity index (χ0v) is 8.29. The van der Waals surface area contributed by atoms with Gasteiger partial charge in [0.1, 0.15) is 0 Å². The number of ether oxygens (including phenoxy) is 1. The van der Waals surface area contributed by atoms with E-state index >= 15 is 0 Å². The minimum absolute atomic E-state index is 0.221. The van der Waals surface area contributed by atoms with Crippen LogP contribution >= 0.6 is 0 Å². The zero-order chi connectivity index (χ0) is 9.30. The van der Waals surface area contributed by atoms with E-state index in [1.165, 1.54) is 5.57 Å². The van der Waals surface area contributed by atoms with E-state index in [-0.39, 0.29) is 5.92 Å². The Labute approximate surface area is 74.2 Å². The molecule has 0 aromatic rings. The van der Waals surface area contributed by atoms with Gasteiger partial charge >= 0.3 is 0 Å². The second-order valence-corrected chi connectivity index (χ2v) is 3.62. The molecule has 1 aliphatic heterocycles. The Kier molecular flexibility index (Phi) is 2.78. The number of hydrogen-bond acceptors (Lipinski definition) is 2. The van der Waals surface area contributed by atoms with Gasteiger partial charge in [0.15, 0.2) is 6.29 Å². The SMILES string of the molecule is CCC1C(C)=C(C)OC(O)C1C. The third-order valence-corrected chi connectivity index (χ3v) is 2.93. The van der Waals surface area contributed by atoms with Crippen molar-refractivity contribution < 1.29 is 9.84 Å². The van der Waals surface area contributed by atoms with Crippen LogP contribution in [0.3, 0.4) is 0 Å². The van der Waals surface area contributed by atoms with Gasteiger partial charge < -0.3 is 9.84 Å². The van der Waals surface area contributed by atoms with Gasteiger partial charge in [-0.05, 0) is 31.8 Å². The second kappa shape index (κ2) is 3.48. The molecule has 0 aliphatic carbocycles. The quantitative estimate of drug-likeness (QED) is 0.654. The number of hydrogen-bond donors (Lipinski definition) is 1. The van der Waals surface area contributed by atoms with Crippen molar-refractivity contribution in [1.29, 1.82) is 0 Å². The first kappa shape index (κ1) is 9.59. The van der Waals surface area contributed by atoms with Crippen LogP contribution in [-0.4, -0.2) is 11.4 Å². The van der Waals surface area contributed by atoms with Gasteiger partial charge in [-0.3, -0.25) is 0 Å². The largest absolute Gasteiger partial charge is 0.470 e. The van der Waals surface area contributed by atoms with Crippen molar-refractivity contribution in [1.82, 2.24) is 0 Å². The Morgan fingerprint density at radius 3 is 2.50 bits per heavy atom. The number of rotatable bonds is 1. The van der Waals surface area contributed by atoms with E-state index in [4.69, 9.17) is 4.74 Å². The Bertz CT molecular complexity index is 196. The molecule has 3 unspecified atom stereocenters. The standard InChI is InChI=1S/C10H18O2/c1-5-9-6(2)8(4)12-10(11)7(9)3/h7,9-11H,5H2,1-4H3. The van der Waals surface area contributed by atoms with Crippen LogP contribution in [0.15, 0.2) is 11.3 Å². The van der Waals surface area contributed by atoms with Crippen LogP contribution in [0.1, 0.15) is 34.1 Å². The minimum Gasteiger partial charge on any atom is -0.470 e. The van der Waals surface area contributed by atoms with E-state index in [1.54, 1.807) is 0 Å². The number of aliphatic hydroxyl groups excluding tert-OH is 1. The van der Waals surface area contributed by atoms with Crippen LogP contribution in [0, 0.1) is 11.8 Å². The Morgan fingerprint density at radius 2 is 2.00 bits per heavy atom. The van der Waals surface area contributed by atoms with Crippen LogP contribution in [0.4, 0.5) is 0 Å². The predicted molar refractivity (Wildman–Crippen MR) is 48.4 cm³/mol. The molecule has 0 aromatic carbocycles. The molecule has 1 rings (SSSR count). The topological polar surface area (TPSA) is 29.5 Å². The molecule has 70 valence electrons. The summed E-state index contributed by atoms with van der Waals surface area (Å²) in [5.41, 5.74) is 1.29. The molecule has 0 bridgehead atoms. The van der Waals surface area contributed by atoms with Crippen LogP contribution in [0.2, 0.25) is 0 Å². The van der Waals surface area contributed by atoms with Gasteiger partial charge in [0.05, 0.1) is 5.76 Å². The lowest BCUT2D eigenvalue weighted by Crippen LogP contribution is -2.32. The van der Waals surface area contributed by atoms with Gasteiger partial charge in [-0.2, -0.15) is 0 Å².